The van der Waals surface area contributed by atoms with Gasteiger partial charge in [0.15, 0.2) is 0 Å². The molecule has 20 heavy (non-hydrogen) atoms. The van der Waals surface area contributed by atoms with Gasteiger partial charge < -0.3 is 5.73 Å². The largest absolute Gasteiger partial charge is 0.383 e. The predicted molar refractivity (Wildman–Crippen MR) is 80.3 cm³/mol. The zero-order valence-corrected chi connectivity index (χ0v) is 12.2. The summed E-state index contributed by atoms with van der Waals surface area (Å²) in [5, 5.41) is 13.8. The van der Waals surface area contributed by atoms with Crippen molar-refractivity contribution >= 4 is 5.82 Å². The van der Waals surface area contributed by atoms with E-state index in [2.05, 4.69) is 56.2 Å². The van der Waals surface area contributed by atoms with Crippen molar-refractivity contribution in [2.75, 3.05) is 5.73 Å². The minimum Gasteiger partial charge on any atom is -0.383 e. The molecular weight excluding hydrogens is 248 g/mol. The number of anilines is 1. The fourth-order valence-electron chi connectivity index (χ4n) is 2.15. The first-order valence-electron chi connectivity index (χ1n) is 6.89. The van der Waals surface area contributed by atoms with Crippen molar-refractivity contribution in [1.29, 1.82) is 5.26 Å². The van der Waals surface area contributed by atoms with E-state index in [0.717, 1.165) is 17.7 Å². The molecule has 0 fully saturated rings. The van der Waals surface area contributed by atoms with Gasteiger partial charge in [0.05, 0.1) is 11.7 Å². The van der Waals surface area contributed by atoms with Crippen LogP contribution >= 0.6 is 0 Å². The summed E-state index contributed by atoms with van der Waals surface area (Å²) in [7, 11) is 0. The van der Waals surface area contributed by atoms with Gasteiger partial charge in [-0.05, 0) is 25.8 Å². The second-order valence-electron chi connectivity index (χ2n) is 5.18. The maximum absolute atomic E-state index is 9.31. The Morgan fingerprint density at radius 3 is 2.55 bits per heavy atom. The average Bonchev–Trinajstić information content (AvgIpc) is 2.76. The molecule has 2 N–H and O–H groups in total. The molecule has 0 spiro atoms. The van der Waals surface area contributed by atoms with E-state index in [9.17, 15) is 5.26 Å². The summed E-state index contributed by atoms with van der Waals surface area (Å²) in [6.45, 7) is 6.19. The van der Waals surface area contributed by atoms with Gasteiger partial charge in [0.2, 0.25) is 0 Å². The lowest BCUT2D eigenvalue weighted by Crippen LogP contribution is -2.09. The first-order valence-corrected chi connectivity index (χ1v) is 6.89. The molecule has 0 saturated carbocycles. The molecule has 1 aromatic heterocycles. The minimum absolute atomic E-state index is 0.203. The van der Waals surface area contributed by atoms with E-state index in [-0.39, 0.29) is 6.04 Å². The summed E-state index contributed by atoms with van der Waals surface area (Å²) in [4.78, 5) is 0. The Bertz CT molecular complexity index is 632. The topological polar surface area (TPSA) is 67.6 Å². The maximum Gasteiger partial charge on any atom is 0.140 e. The molecule has 2 aromatic rings. The lowest BCUT2D eigenvalue weighted by Gasteiger charge is -2.10. The van der Waals surface area contributed by atoms with Crippen LogP contribution in [0.1, 0.15) is 48.7 Å². The van der Waals surface area contributed by atoms with Crippen LogP contribution in [0.15, 0.2) is 24.3 Å². The lowest BCUT2D eigenvalue weighted by atomic mass is 10.1. The molecule has 4 nitrogen and oxygen atoms in total. The normalized spacial score (nSPS) is 12.1. The number of nitrogens with zero attached hydrogens (tertiary/aromatic N) is 3. The Morgan fingerprint density at radius 2 is 2.00 bits per heavy atom. The highest BCUT2D eigenvalue weighted by molar-refractivity contribution is 5.53. The molecule has 1 aromatic carbocycles. The van der Waals surface area contributed by atoms with Crippen molar-refractivity contribution in [2.45, 2.75) is 39.7 Å². The summed E-state index contributed by atoms with van der Waals surface area (Å²) in [5.41, 5.74) is 9.67. The molecule has 4 heteroatoms. The van der Waals surface area contributed by atoms with Crippen LogP contribution in [0.2, 0.25) is 0 Å². The second kappa shape index (κ2) is 5.79. The summed E-state index contributed by atoms with van der Waals surface area (Å²) in [6.07, 6.45) is 1.57. The molecule has 1 heterocycles. The van der Waals surface area contributed by atoms with E-state index < -0.39 is 0 Å². The SMILES string of the molecule is CCC(C)n1nc(Cc2ccc(C)cc2)c(C#N)c1N. The van der Waals surface area contributed by atoms with Gasteiger partial charge in [0.25, 0.3) is 0 Å². The van der Waals surface area contributed by atoms with E-state index in [1.54, 1.807) is 4.68 Å². The molecule has 0 saturated heterocycles. The minimum atomic E-state index is 0.203. The quantitative estimate of drug-likeness (QED) is 0.925. The van der Waals surface area contributed by atoms with E-state index >= 15 is 0 Å². The summed E-state index contributed by atoms with van der Waals surface area (Å²) in [5.74, 6) is 0.476. The van der Waals surface area contributed by atoms with E-state index in [4.69, 9.17) is 5.73 Å². The highest BCUT2D eigenvalue weighted by Gasteiger charge is 2.18. The standard InChI is InChI=1S/C16H20N4/c1-4-12(3)20-16(18)14(10-17)15(19-20)9-13-7-5-11(2)6-8-13/h5-8,12H,4,9,18H2,1-3H3. The number of aryl methyl sites for hydroxylation is 1. The number of aromatic nitrogens is 2. The highest BCUT2D eigenvalue weighted by atomic mass is 15.3. The first-order chi connectivity index (χ1) is 9.56. The van der Waals surface area contributed by atoms with Gasteiger partial charge >= 0.3 is 0 Å². The van der Waals surface area contributed by atoms with Crippen molar-refractivity contribution in [3.05, 3.63) is 46.6 Å². The van der Waals surface area contributed by atoms with Crippen LogP contribution in [0.25, 0.3) is 0 Å². The van der Waals surface area contributed by atoms with Crippen LogP contribution in [0.3, 0.4) is 0 Å². The second-order valence-corrected chi connectivity index (χ2v) is 5.18. The molecule has 0 bridgehead atoms. The summed E-state index contributed by atoms with van der Waals surface area (Å²) < 4.78 is 1.77. The molecule has 0 aliphatic rings. The fraction of sp³-hybridized carbons (Fsp3) is 0.375. The average molecular weight is 268 g/mol. The van der Waals surface area contributed by atoms with Crippen LogP contribution in [-0.4, -0.2) is 9.78 Å². The van der Waals surface area contributed by atoms with Crippen LogP contribution < -0.4 is 5.73 Å². The maximum atomic E-state index is 9.31. The van der Waals surface area contributed by atoms with Crippen LogP contribution in [0.5, 0.6) is 0 Å². The predicted octanol–water partition coefficient (Wildman–Crippen LogP) is 3.21. The number of rotatable bonds is 4. The van der Waals surface area contributed by atoms with Crippen molar-refractivity contribution in [3.63, 3.8) is 0 Å². The van der Waals surface area contributed by atoms with Gasteiger partial charge in [-0.15, -0.1) is 0 Å². The highest BCUT2D eigenvalue weighted by Crippen LogP contribution is 2.23. The number of hydrogen-bond acceptors (Lipinski definition) is 3. The van der Waals surface area contributed by atoms with Gasteiger partial charge in [0, 0.05) is 6.42 Å². The van der Waals surface area contributed by atoms with E-state index in [1.807, 2.05) is 0 Å². The zero-order valence-electron chi connectivity index (χ0n) is 12.2. The molecule has 104 valence electrons. The zero-order chi connectivity index (χ0) is 14.7. The smallest absolute Gasteiger partial charge is 0.140 e. The van der Waals surface area contributed by atoms with Crippen molar-refractivity contribution in [1.82, 2.24) is 9.78 Å². The molecule has 0 radical (unpaired) electrons. The van der Waals surface area contributed by atoms with E-state index in [1.165, 1.54) is 5.56 Å². The van der Waals surface area contributed by atoms with Gasteiger partial charge in [-0.2, -0.15) is 10.4 Å². The molecule has 0 aliphatic carbocycles. The number of nitrogens with two attached hydrogens (primary N) is 1. The Hall–Kier alpha value is -2.28. The Labute approximate surface area is 119 Å². The monoisotopic (exact) mass is 268 g/mol. The van der Waals surface area contributed by atoms with Crippen LogP contribution in [-0.2, 0) is 6.42 Å². The third-order valence-corrected chi connectivity index (χ3v) is 3.63. The lowest BCUT2D eigenvalue weighted by molar-refractivity contribution is 0.481. The molecule has 0 amide bonds. The Kier molecular flexibility index (Phi) is 4.09. The first kappa shape index (κ1) is 14.1. The number of nitriles is 1. The van der Waals surface area contributed by atoms with Gasteiger partial charge in [-0.3, -0.25) is 0 Å². The molecule has 0 aliphatic heterocycles. The number of benzene rings is 1. The van der Waals surface area contributed by atoms with Gasteiger partial charge in [0.1, 0.15) is 17.5 Å². The molecule has 1 atom stereocenters. The van der Waals surface area contributed by atoms with Crippen LogP contribution in [0.4, 0.5) is 5.82 Å². The number of nitrogen functional groups attached to an aromatic ring is 1. The molecule has 2 rings (SSSR count). The molecule has 1 unspecified atom stereocenters. The summed E-state index contributed by atoms with van der Waals surface area (Å²) in [6, 6.07) is 10.6. The molecular formula is C16H20N4. The van der Waals surface area contributed by atoms with Crippen LogP contribution in [0, 0.1) is 18.3 Å². The van der Waals surface area contributed by atoms with Gasteiger partial charge in [-0.25, -0.2) is 4.68 Å². The summed E-state index contributed by atoms with van der Waals surface area (Å²) >= 11 is 0. The Balaban J connectivity index is 2.36. The van der Waals surface area contributed by atoms with Crippen molar-refractivity contribution in [2.24, 2.45) is 0 Å². The third-order valence-electron chi connectivity index (χ3n) is 3.63. The number of hydrogen-bond donors (Lipinski definition) is 1. The van der Waals surface area contributed by atoms with Crippen molar-refractivity contribution < 1.29 is 0 Å². The third kappa shape index (κ3) is 2.67. The van der Waals surface area contributed by atoms with Crippen molar-refractivity contribution in [3.8, 4) is 6.07 Å². The van der Waals surface area contributed by atoms with Gasteiger partial charge in [-0.1, -0.05) is 36.8 Å². The van der Waals surface area contributed by atoms with E-state index in [0.29, 0.717) is 17.8 Å². The fourth-order valence-corrected chi connectivity index (χ4v) is 2.15. The Morgan fingerprint density at radius 1 is 1.35 bits per heavy atom.